The largest absolute Gasteiger partial charge is 0.216 e. The topological polar surface area (TPSA) is 15.6 Å². The Morgan fingerprint density at radius 2 is 2.83 bits per heavy atom. The molecular formula is C2H3N2S2. The van der Waals surface area contributed by atoms with E-state index in [9.17, 15) is 0 Å². The lowest BCUT2D eigenvalue weighted by Gasteiger charge is -1.94. The Morgan fingerprint density at radius 3 is 3.00 bits per heavy atom. The van der Waals surface area contributed by atoms with Gasteiger partial charge in [0.05, 0.1) is 18.4 Å². The van der Waals surface area contributed by atoms with Crippen LogP contribution in [0, 0.1) is 0 Å². The molecule has 0 N–H and O–H groups in total. The summed E-state index contributed by atoms with van der Waals surface area (Å²) < 4.78 is 1.48. The Balaban J connectivity index is 2.38. The maximum atomic E-state index is 4.62. The van der Waals surface area contributed by atoms with E-state index in [0.717, 1.165) is 5.88 Å². The Bertz CT molecular complexity index is 71.9. The highest BCUT2D eigenvalue weighted by molar-refractivity contribution is 8.12. The number of nitrogens with zero attached hydrogens (tertiary/aromatic N) is 2. The van der Waals surface area contributed by atoms with Crippen LogP contribution in [0.3, 0.4) is 0 Å². The molecule has 0 saturated carbocycles. The van der Waals surface area contributed by atoms with E-state index >= 15 is 0 Å². The van der Waals surface area contributed by atoms with Gasteiger partial charge in [-0.3, -0.25) is 0 Å². The van der Waals surface area contributed by atoms with Crippen molar-refractivity contribution in [2.75, 3.05) is 5.88 Å². The molecule has 6 heavy (non-hydrogen) atoms. The molecule has 0 spiro atoms. The van der Waals surface area contributed by atoms with E-state index in [4.69, 9.17) is 0 Å². The molecule has 2 nitrogen and oxygen atoms in total. The summed E-state index contributed by atoms with van der Waals surface area (Å²) in [6, 6.07) is 0. The first kappa shape index (κ1) is 4.33. The molecule has 4 heteroatoms. The van der Waals surface area contributed by atoms with Crippen LogP contribution in [0.25, 0.3) is 0 Å². The van der Waals surface area contributed by atoms with E-state index in [1.165, 1.54) is 4.41 Å². The minimum Gasteiger partial charge on any atom is -0.216 e. The highest BCUT2D eigenvalue weighted by Gasteiger charge is 1.97. The lowest BCUT2D eigenvalue weighted by molar-refractivity contribution is 0.617. The summed E-state index contributed by atoms with van der Waals surface area (Å²) >= 11 is 6.23. The van der Waals surface area contributed by atoms with Gasteiger partial charge < -0.3 is 0 Å². The van der Waals surface area contributed by atoms with Crippen molar-refractivity contribution in [3.63, 3.8) is 0 Å². The summed E-state index contributed by atoms with van der Waals surface area (Å²) in [4.78, 5) is 0. The molecule has 0 amide bonds. The molecule has 1 rings (SSSR count). The van der Waals surface area contributed by atoms with Crippen LogP contribution in [0.2, 0.25) is 0 Å². The van der Waals surface area contributed by atoms with Crippen LogP contribution in [-0.2, 0) is 0 Å². The Labute approximate surface area is 46.1 Å². The molecule has 33 valence electrons. The summed E-state index contributed by atoms with van der Waals surface area (Å²) in [7, 11) is 0. The quantitative estimate of drug-likeness (QED) is 0.473. The molecule has 0 unspecified atom stereocenters. The summed E-state index contributed by atoms with van der Waals surface area (Å²) in [5, 5.41) is 3.72. The van der Waals surface area contributed by atoms with Crippen LogP contribution < -0.4 is 0 Å². The fraction of sp³-hybridized carbons (Fsp3) is 0.500. The fourth-order valence-electron chi connectivity index (χ4n) is 0.216. The van der Waals surface area contributed by atoms with Crippen LogP contribution in [0.15, 0.2) is 5.10 Å². The van der Waals surface area contributed by atoms with Crippen molar-refractivity contribution in [2.24, 2.45) is 5.10 Å². The van der Waals surface area contributed by atoms with Crippen LogP contribution in [0.1, 0.15) is 0 Å². The van der Waals surface area contributed by atoms with Gasteiger partial charge in [-0.25, -0.2) is 4.41 Å². The minimum absolute atomic E-state index is 0.829. The molecule has 1 radical (unpaired) electrons. The molecule has 0 atom stereocenters. The second-order valence-corrected chi connectivity index (χ2v) is 2.09. The van der Waals surface area contributed by atoms with E-state index in [1.807, 2.05) is 0 Å². The van der Waals surface area contributed by atoms with Gasteiger partial charge >= 0.3 is 0 Å². The average Bonchev–Trinajstić information content (AvgIpc) is 1.86. The molecule has 0 saturated heterocycles. The van der Waals surface area contributed by atoms with Gasteiger partial charge in [-0.1, -0.05) is 11.8 Å². The van der Waals surface area contributed by atoms with Crippen molar-refractivity contribution in [3.05, 3.63) is 0 Å². The second-order valence-electron chi connectivity index (χ2n) is 0.869. The second kappa shape index (κ2) is 1.75. The van der Waals surface area contributed by atoms with E-state index in [-0.39, 0.29) is 0 Å². The Hall–Kier alpha value is 0.170. The molecule has 0 aromatic heterocycles. The van der Waals surface area contributed by atoms with Crippen LogP contribution in [0.4, 0.5) is 0 Å². The van der Waals surface area contributed by atoms with Gasteiger partial charge in [0.1, 0.15) is 5.88 Å². The number of rotatable bonds is 0. The van der Waals surface area contributed by atoms with Crippen LogP contribution >= 0.6 is 24.6 Å². The molecule has 1 aliphatic rings. The molecule has 1 heterocycles. The van der Waals surface area contributed by atoms with Gasteiger partial charge in [0.25, 0.3) is 0 Å². The Kier molecular flexibility index (Phi) is 1.26. The molecule has 0 fully saturated rings. The maximum Gasteiger partial charge on any atom is 0.100 e. The monoisotopic (exact) mass is 119 g/mol. The van der Waals surface area contributed by atoms with Gasteiger partial charge in [0.2, 0.25) is 0 Å². The van der Waals surface area contributed by atoms with Crippen LogP contribution in [-0.4, -0.2) is 15.8 Å². The zero-order valence-electron chi connectivity index (χ0n) is 3.00. The van der Waals surface area contributed by atoms with Gasteiger partial charge in [-0.15, -0.1) is 0 Å². The predicted molar refractivity (Wildman–Crippen MR) is 30.4 cm³/mol. The van der Waals surface area contributed by atoms with Crippen molar-refractivity contribution >= 4 is 30.1 Å². The summed E-state index contributed by atoms with van der Waals surface area (Å²) in [5.74, 6) is 0.829. The van der Waals surface area contributed by atoms with Crippen molar-refractivity contribution in [2.45, 2.75) is 0 Å². The molecule has 1 aliphatic heterocycles. The number of hydrazone groups is 1. The van der Waals surface area contributed by atoms with Gasteiger partial charge in [0, 0.05) is 0 Å². The smallest absolute Gasteiger partial charge is 0.100 e. The lowest BCUT2D eigenvalue weighted by Crippen LogP contribution is -1.93. The Morgan fingerprint density at radius 1 is 2.00 bits per heavy atom. The average molecular weight is 119 g/mol. The van der Waals surface area contributed by atoms with Gasteiger partial charge in [0.15, 0.2) is 0 Å². The van der Waals surface area contributed by atoms with Gasteiger partial charge in [-0.05, 0) is 0 Å². The number of hydrogen-bond donors (Lipinski definition) is 0. The number of thioether (sulfide) groups is 1. The zero-order valence-corrected chi connectivity index (χ0v) is 4.63. The van der Waals surface area contributed by atoms with Crippen molar-refractivity contribution in [1.82, 2.24) is 4.41 Å². The number of hydrogen-bond acceptors (Lipinski definition) is 3. The van der Waals surface area contributed by atoms with Crippen molar-refractivity contribution in [3.8, 4) is 0 Å². The third-order valence-corrected chi connectivity index (χ3v) is 1.46. The van der Waals surface area contributed by atoms with E-state index < -0.39 is 0 Å². The van der Waals surface area contributed by atoms with Crippen molar-refractivity contribution < 1.29 is 0 Å². The SMILES string of the molecule is [S]N1CSC=N1. The molecule has 0 aliphatic carbocycles. The maximum absolute atomic E-state index is 4.62. The minimum atomic E-state index is 0.829. The normalized spacial score (nSPS) is 19.8. The lowest BCUT2D eigenvalue weighted by atomic mass is 11.5. The molecular weight excluding hydrogens is 116 g/mol. The van der Waals surface area contributed by atoms with E-state index in [0.29, 0.717) is 0 Å². The molecule has 0 aromatic carbocycles. The first-order valence-electron chi connectivity index (χ1n) is 1.48. The molecule has 0 bridgehead atoms. The van der Waals surface area contributed by atoms with Crippen molar-refractivity contribution in [1.29, 1.82) is 0 Å². The first-order valence-corrected chi connectivity index (χ1v) is 2.90. The first-order chi connectivity index (χ1) is 2.89. The predicted octanol–water partition coefficient (Wildman–Crippen LogP) is 1.05. The van der Waals surface area contributed by atoms with E-state index in [1.54, 1.807) is 17.3 Å². The van der Waals surface area contributed by atoms with Gasteiger partial charge in [-0.2, -0.15) is 5.10 Å². The van der Waals surface area contributed by atoms with E-state index in [2.05, 4.69) is 17.9 Å². The third-order valence-electron chi connectivity index (χ3n) is 0.435. The summed E-state index contributed by atoms with van der Waals surface area (Å²) in [5.41, 5.74) is 1.74. The van der Waals surface area contributed by atoms with Crippen LogP contribution in [0.5, 0.6) is 0 Å². The highest BCUT2D eigenvalue weighted by Crippen LogP contribution is 2.10. The molecule has 0 aromatic rings. The fourth-order valence-corrected chi connectivity index (χ4v) is 0.947. The summed E-state index contributed by atoms with van der Waals surface area (Å²) in [6.45, 7) is 0. The highest BCUT2D eigenvalue weighted by atomic mass is 32.2. The summed E-state index contributed by atoms with van der Waals surface area (Å²) in [6.07, 6.45) is 0. The third kappa shape index (κ3) is 0.815. The zero-order chi connectivity index (χ0) is 4.41. The standard InChI is InChI=1S/C2H3N2S2/c5-4-2-6-1-3-4/h1H,2H2.